The van der Waals surface area contributed by atoms with Crippen LogP contribution >= 0.6 is 11.8 Å². The predicted octanol–water partition coefficient (Wildman–Crippen LogP) is 5.01. The first-order valence-corrected chi connectivity index (χ1v) is 12.2. The van der Waals surface area contributed by atoms with Crippen molar-refractivity contribution in [1.82, 2.24) is 0 Å². The number of anilines is 2. The fourth-order valence-corrected chi connectivity index (χ4v) is 4.83. The number of carbonyl (C=O) groups is 1. The van der Waals surface area contributed by atoms with E-state index < -0.39 is 10.0 Å². The predicted molar refractivity (Wildman–Crippen MR) is 125 cm³/mol. The Bertz CT molecular complexity index is 1120. The molecule has 3 aromatic carbocycles. The lowest BCUT2D eigenvalue weighted by Crippen LogP contribution is -2.15. The Hall–Kier alpha value is -2.97. The molecule has 3 rings (SSSR count). The van der Waals surface area contributed by atoms with Crippen LogP contribution in [-0.4, -0.2) is 27.2 Å². The first-order valence-electron chi connectivity index (χ1n) is 9.71. The van der Waals surface area contributed by atoms with Gasteiger partial charge in [0.2, 0.25) is 5.91 Å². The molecule has 3 aromatic rings. The summed E-state index contributed by atoms with van der Waals surface area (Å²) < 4.78 is 33.3. The molecular formula is C23H24N2O4S2. The summed E-state index contributed by atoms with van der Waals surface area (Å²) in [6.45, 7) is 0. The fraction of sp³-hybridized carbons (Fsp3) is 0.174. The van der Waals surface area contributed by atoms with Crippen molar-refractivity contribution < 1.29 is 17.9 Å². The van der Waals surface area contributed by atoms with Crippen LogP contribution in [0, 0.1) is 0 Å². The number of para-hydroxylation sites is 2. The van der Waals surface area contributed by atoms with Crippen LogP contribution in [0.4, 0.5) is 11.4 Å². The maximum absolute atomic E-state index is 12.8. The number of benzene rings is 3. The van der Waals surface area contributed by atoms with Crippen LogP contribution < -0.4 is 14.8 Å². The first kappa shape index (κ1) is 22.7. The molecule has 0 aliphatic heterocycles. The normalized spacial score (nSPS) is 11.0. The molecule has 0 heterocycles. The van der Waals surface area contributed by atoms with Gasteiger partial charge >= 0.3 is 0 Å². The Kier molecular flexibility index (Phi) is 7.97. The molecule has 6 nitrogen and oxygen atoms in total. The van der Waals surface area contributed by atoms with Gasteiger partial charge in [-0.3, -0.25) is 9.52 Å². The van der Waals surface area contributed by atoms with Crippen molar-refractivity contribution in [3.8, 4) is 5.75 Å². The van der Waals surface area contributed by atoms with Gasteiger partial charge < -0.3 is 10.1 Å². The molecular weight excluding hydrogens is 432 g/mol. The highest BCUT2D eigenvalue weighted by molar-refractivity contribution is 7.99. The molecule has 8 heteroatoms. The number of hydrogen-bond donors (Lipinski definition) is 2. The number of carbonyl (C=O) groups excluding carboxylic acids is 1. The van der Waals surface area contributed by atoms with Crippen LogP contribution in [0.5, 0.6) is 5.75 Å². The standard InChI is InChI=1S/C23H24N2O4S2/c1-29-22-14-6-5-13-21(22)25-31(27,28)20-12-7-9-18(17-20)24-23(26)15-8-16-30-19-10-3-2-4-11-19/h2-7,9-14,17,25H,8,15-16H2,1H3,(H,24,26). The number of rotatable bonds is 10. The Labute approximate surface area is 187 Å². The number of ether oxygens (including phenoxy) is 1. The number of amides is 1. The first-order chi connectivity index (χ1) is 15.0. The van der Waals surface area contributed by atoms with Gasteiger partial charge in [-0.1, -0.05) is 36.4 Å². The second kappa shape index (κ2) is 10.9. The maximum Gasteiger partial charge on any atom is 0.262 e. The zero-order chi connectivity index (χ0) is 22.1. The molecule has 0 aromatic heterocycles. The maximum atomic E-state index is 12.8. The van der Waals surface area contributed by atoms with E-state index in [2.05, 4.69) is 10.0 Å². The quantitative estimate of drug-likeness (QED) is 0.331. The van der Waals surface area contributed by atoms with E-state index in [0.29, 0.717) is 23.5 Å². The zero-order valence-corrected chi connectivity index (χ0v) is 18.7. The van der Waals surface area contributed by atoms with E-state index >= 15 is 0 Å². The third kappa shape index (κ3) is 6.77. The smallest absolute Gasteiger partial charge is 0.262 e. The third-order valence-corrected chi connectivity index (χ3v) is 6.80. The van der Waals surface area contributed by atoms with Crippen molar-refractivity contribution in [2.45, 2.75) is 22.6 Å². The van der Waals surface area contributed by atoms with Gasteiger partial charge in [-0.2, -0.15) is 0 Å². The minimum Gasteiger partial charge on any atom is -0.495 e. The van der Waals surface area contributed by atoms with E-state index in [-0.39, 0.29) is 10.8 Å². The van der Waals surface area contributed by atoms with Crippen molar-refractivity contribution in [3.05, 3.63) is 78.9 Å². The molecule has 0 unspecified atom stereocenters. The van der Waals surface area contributed by atoms with Gasteiger partial charge in [0.15, 0.2) is 0 Å². The van der Waals surface area contributed by atoms with Gasteiger partial charge in [0.25, 0.3) is 10.0 Å². The van der Waals surface area contributed by atoms with Crippen LogP contribution in [0.25, 0.3) is 0 Å². The van der Waals surface area contributed by atoms with Crippen molar-refractivity contribution in [2.24, 2.45) is 0 Å². The van der Waals surface area contributed by atoms with Crippen LogP contribution in [-0.2, 0) is 14.8 Å². The van der Waals surface area contributed by atoms with Crippen LogP contribution in [0.1, 0.15) is 12.8 Å². The van der Waals surface area contributed by atoms with Gasteiger partial charge in [-0.15, -0.1) is 11.8 Å². The molecule has 31 heavy (non-hydrogen) atoms. The summed E-state index contributed by atoms with van der Waals surface area (Å²) in [7, 11) is -2.37. The molecule has 0 saturated heterocycles. The molecule has 0 aliphatic rings. The average molecular weight is 457 g/mol. The Morgan fingerprint density at radius 1 is 0.968 bits per heavy atom. The Balaban J connectivity index is 1.57. The fourth-order valence-electron chi connectivity index (χ4n) is 2.84. The molecule has 1 amide bonds. The Morgan fingerprint density at radius 3 is 2.48 bits per heavy atom. The van der Waals surface area contributed by atoms with Gasteiger partial charge in [-0.05, 0) is 54.6 Å². The van der Waals surface area contributed by atoms with E-state index in [0.717, 1.165) is 12.2 Å². The number of thioether (sulfide) groups is 1. The number of sulfonamides is 1. The zero-order valence-electron chi connectivity index (χ0n) is 17.1. The summed E-state index contributed by atoms with van der Waals surface area (Å²) >= 11 is 1.70. The Morgan fingerprint density at radius 2 is 1.71 bits per heavy atom. The average Bonchev–Trinajstić information content (AvgIpc) is 2.78. The molecule has 0 bridgehead atoms. The van der Waals surface area contributed by atoms with Crippen molar-refractivity contribution >= 4 is 39.1 Å². The SMILES string of the molecule is COc1ccccc1NS(=O)(=O)c1cccc(NC(=O)CCCSc2ccccc2)c1. The summed E-state index contributed by atoms with van der Waals surface area (Å²) in [5.74, 6) is 1.10. The number of methoxy groups -OCH3 is 1. The topological polar surface area (TPSA) is 84.5 Å². The largest absolute Gasteiger partial charge is 0.495 e. The summed E-state index contributed by atoms with van der Waals surface area (Å²) in [5, 5.41) is 2.77. The van der Waals surface area contributed by atoms with Crippen LogP contribution in [0.15, 0.2) is 88.7 Å². The molecule has 0 saturated carbocycles. The van der Waals surface area contributed by atoms with E-state index in [1.807, 2.05) is 30.3 Å². The second-order valence-corrected chi connectivity index (χ2v) is 9.50. The highest BCUT2D eigenvalue weighted by Crippen LogP contribution is 2.27. The van der Waals surface area contributed by atoms with E-state index in [4.69, 9.17) is 4.74 Å². The molecule has 2 N–H and O–H groups in total. The number of nitrogens with one attached hydrogen (secondary N) is 2. The lowest BCUT2D eigenvalue weighted by molar-refractivity contribution is -0.116. The van der Waals surface area contributed by atoms with Gasteiger partial charge in [0, 0.05) is 17.0 Å². The van der Waals surface area contributed by atoms with Gasteiger partial charge in [0.05, 0.1) is 17.7 Å². The van der Waals surface area contributed by atoms with E-state index in [1.54, 1.807) is 48.2 Å². The van der Waals surface area contributed by atoms with E-state index in [9.17, 15) is 13.2 Å². The highest BCUT2D eigenvalue weighted by Gasteiger charge is 2.17. The monoisotopic (exact) mass is 456 g/mol. The summed E-state index contributed by atoms with van der Waals surface area (Å²) in [6, 6.07) is 23.0. The molecule has 0 fully saturated rings. The van der Waals surface area contributed by atoms with Crippen molar-refractivity contribution in [1.29, 1.82) is 0 Å². The van der Waals surface area contributed by atoms with E-state index in [1.165, 1.54) is 24.1 Å². The summed E-state index contributed by atoms with van der Waals surface area (Å²) in [6.07, 6.45) is 1.08. The second-order valence-electron chi connectivity index (χ2n) is 6.65. The van der Waals surface area contributed by atoms with Gasteiger partial charge in [0.1, 0.15) is 5.75 Å². The molecule has 0 radical (unpaired) electrons. The van der Waals surface area contributed by atoms with Crippen molar-refractivity contribution in [3.63, 3.8) is 0 Å². The minimum absolute atomic E-state index is 0.0517. The van der Waals surface area contributed by atoms with Gasteiger partial charge in [-0.25, -0.2) is 8.42 Å². The third-order valence-electron chi connectivity index (χ3n) is 4.34. The minimum atomic E-state index is -3.84. The molecule has 0 spiro atoms. The molecule has 0 aliphatic carbocycles. The highest BCUT2D eigenvalue weighted by atomic mass is 32.2. The molecule has 0 atom stereocenters. The lowest BCUT2D eigenvalue weighted by Gasteiger charge is -2.12. The lowest BCUT2D eigenvalue weighted by atomic mass is 10.3. The van der Waals surface area contributed by atoms with Crippen LogP contribution in [0.2, 0.25) is 0 Å². The summed E-state index contributed by atoms with van der Waals surface area (Å²) in [5.41, 5.74) is 0.777. The summed E-state index contributed by atoms with van der Waals surface area (Å²) in [4.78, 5) is 13.5. The van der Waals surface area contributed by atoms with Crippen molar-refractivity contribution in [2.75, 3.05) is 22.9 Å². The molecule has 162 valence electrons. The van der Waals surface area contributed by atoms with Crippen LogP contribution in [0.3, 0.4) is 0 Å². The number of hydrogen-bond acceptors (Lipinski definition) is 5.